The van der Waals surface area contributed by atoms with Crippen molar-refractivity contribution in [1.82, 2.24) is 4.98 Å². The molecule has 2 aromatic rings. The molecule has 104 valence electrons. The number of hydrogen-bond acceptors (Lipinski definition) is 3. The molecule has 0 unspecified atom stereocenters. The SMILES string of the molecule is CCN(Cc1ccncc1)c1ccc(C(C)=O)cc1Cl. The highest BCUT2D eigenvalue weighted by atomic mass is 35.5. The van der Waals surface area contributed by atoms with Crippen LogP contribution in [0, 0.1) is 0 Å². The van der Waals surface area contributed by atoms with Crippen LogP contribution in [0.1, 0.15) is 29.8 Å². The highest BCUT2D eigenvalue weighted by Gasteiger charge is 2.11. The molecule has 3 nitrogen and oxygen atoms in total. The van der Waals surface area contributed by atoms with Crippen LogP contribution in [0.4, 0.5) is 5.69 Å². The van der Waals surface area contributed by atoms with Crippen molar-refractivity contribution in [3.05, 3.63) is 58.9 Å². The first-order valence-electron chi connectivity index (χ1n) is 6.56. The zero-order valence-corrected chi connectivity index (χ0v) is 12.4. The zero-order chi connectivity index (χ0) is 14.5. The van der Waals surface area contributed by atoms with Crippen LogP contribution in [-0.2, 0) is 6.54 Å². The Morgan fingerprint density at radius 1 is 1.25 bits per heavy atom. The molecule has 0 amide bonds. The number of pyridine rings is 1. The molecule has 1 heterocycles. The molecule has 0 N–H and O–H groups in total. The maximum Gasteiger partial charge on any atom is 0.159 e. The first kappa shape index (κ1) is 14.5. The summed E-state index contributed by atoms with van der Waals surface area (Å²) in [6.07, 6.45) is 3.56. The second-order valence-electron chi connectivity index (χ2n) is 4.59. The van der Waals surface area contributed by atoms with Gasteiger partial charge in [0.25, 0.3) is 0 Å². The van der Waals surface area contributed by atoms with E-state index in [0.717, 1.165) is 18.8 Å². The Balaban J connectivity index is 2.26. The Morgan fingerprint density at radius 2 is 1.95 bits per heavy atom. The molecule has 0 atom stereocenters. The summed E-state index contributed by atoms with van der Waals surface area (Å²) in [5.74, 6) is 0.0237. The van der Waals surface area contributed by atoms with Crippen molar-refractivity contribution >= 4 is 23.1 Å². The van der Waals surface area contributed by atoms with Gasteiger partial charge in [-0.1, -0.05) is 11.6 Å². The first-order chi connectivity index (χ1) is 9.61. The summed E-state index contributed by atoms with van der Waals surface area (Å²) in [4.78, 5) is 17.5. The van der Waals surface area contributed by atoms with Gasteiger partial charge in [-0.05, 0) is 49.7 Å². The Bertz CT molecular complexity index is 599. The summed E-state index contributed by atoms with van der Waals surface area (Å²) < 4.78 is 0. The molecule has 0 aliphatic carbocycles. The second-order valence-corrected chi connectivity index (χ2v) is 5.00. The fourth-order valence-electron chi connectivity index (χ4n) is 2.06. The number of rotatable bonds is 5. The van der Waals surface area contributed by atoms with E-state index in [4.69, 9.17) is 11.6 Å². The summed E-state index contributed by atoms with van der Waals surface area (Å²) in [5.41, 5.74) is 2.75. The van der Waals surface area contributed by atoms with Gasteiger partial charge in [-0.2, -0.15) is 0 Å². The molecule has 20 heavy (non-hydrogen) atoms. The van der Waals surface area contributed by atoms with E-state index in [1.807, 2.05) is 24.3 Å². The molecular weight excluding hydrogens is 272 g/mol. The Kier molecular flexibility index (Phi) is 4.74. The number of carbonyl (C=O) groups excluding carboxylic acids is 1. The quantitative estimate of drug-likeness (QED) is 0.781. The second kappa shape index (κ2) is 6.53. The number of aromatic nitrogens is 1. The van der Waals surface area contributed by atoms with Crippen LogP contribution >= 0.6 is 11.6 Å². The molecule has 0 bridgehead atoms. The minimum Gasteiger partial charge on any atom is -0.366 e. The molecule has 0 spiro atoms. The lowest BCUT2D eigenvalue weighted by molar-refractivity contribution is 0.101. The van der Waals surface area contributed by atoms with E-state index >= 15 is 0 Å². The highest BCUT2D eigenvalue weighted by Crippen LogP contribution is 2.28. The van der Waals surface area contributed by atoms with Crippen molar-refractivity contribution in [2.75, 3.05) is 11.4 Å². The number of ketones is 1. The van der Waals surface area contributed by atoms with E-state index in [9.17, 15) is 4.79 Å². The Labute approximate surface area is 124 Å². The molecule has 0 fully saturated rings. The normalized spacial score (nSPS) is 10.3. The van der Waals surface area contributed by atoms with Gasteiger partial charge in [0.15, 0.2) is 5.78 Å². The van der Waals surface area contributed by atoms with Crippen molar-refractivity contribution in [3.8, 4) is 0 Å². The maximum absolute atomic E-state index is 11.4. The number of benzene rings is 1. The minimum absolute atomic E-state index is 0.0237. The van der Waals surface area contributed by atoms with Gasteiger partial charge in [-0.3, -0.25) is 9.78 Å². The summed E-state index contributed by atoms with van der Waals surface area (Å²) in [6.45, 7) is 5.22. The van der Waals surface area contributed by atoms with Gasteiger partial charge in [0.1, 0.15) is 0 Å². The van der Waals surface area contributed by atoms with Gasteiger partial charge in [-0.25, -0.2) is 0 Å². The number of carbonyl (C=O) groups is 1. The van der Waals surface area contributed by atoms with Gasteiger partial charge in [-0.15, -0.1) is 0 Å². The molecule has 0 radical (unpaired) electrons. The van der Waals surface area contributed by atoms with Gasteiger partial charge >= 0.3 is 0 Å². The van der Waals surface area contributed by atoms with Crippen molar-refractivity contribution in [2.45, 2.75) is 20.4 Å². The predicted molar refractivity (Wildman–Crippen MR) is 82.4 cm³/mol. The molecule has 0 saturated heterocycles. The maximum atomic E-state index is 11.4. The lowest BCUT2D eigenvalue weighted by Crippen LogP contribution is -2.22. The standard InChI is InChI=1S/C16H17ClN2O/c1-3-19(11-13-6-8-18-9-7-13)16-5-4-14(12(2)20)10-15(16)17/h4-10H,3,11H2,1-2H3. The topological polar surface area (TPSA) is 33.2 Å². The third kappa shape index (κ3) is 3.36. The fourth-order valence-corrected chi connectivity index (χ4v) is 2.36. The molecule has 4 heteroatoms. The van der Waals surface area contributed by atoms with E-state index in [0.29, 0.717) is 10.6 Å². The average Bonchev–Trinajstić information content (AvgIpc) is 2.46. The number of Topliss-reactive ketones (excluding diaryl/α,β-unsaturated/α-hetero) is 1. The molecule has 1 aromatic heterocycles. The highest BCUT2D eigenvalue weighted by molar-refractivity contribution is 6.33. The summed E-state index contributed by atoms with van der Waals surface area (Å²) >= 11 is 6.31. The fraction of sp³-hybridized carbons (Fsp3) is 0.250. The van der Waals surface area contributed by atoms with Crippen LogP contribution in [0.15, 0.2) is 42.7 Å². The Morgan fingerprint density at radius 3 is 2.50 bits per heavy atom. The third-order valence-electron chi connectivity index (χ3n) is 3.20. The van der Waals surface area contributed by atoms with Gasteiger partial charge in [0.05, 0.1) is 10.7 Å². The zero-order valence-electron chi connectivity index (χ0n) is 11.6. The van der Waals surface area contributed by atoms with E-state index in [-0.39, 0.29) is 5.78 Å². The van der Waals surface area contributed by atoms with Gasteiger partial charge in [0, 0.05) is 31.0 Å². The van der Waals surface area contributed by atoms with E-state index in [1.54, 1.807) is 25.4 Å². The van der Waals surface area contributed by atoms with Crippen LogP contribution in [0.25, 0.3) is 0 Å². The lowest BCUT2D eigenvalue weighted by Gasteiger charge is -2.24. The van der Waals surface area contributed by atoms with Crippen LogP contribution in [-0.4, -0.2) is 17.3 Å². The smallest absolute Gasteiger partial charge is 0.159 e. The van der Waals surface area contributed by atoms with Crippen molar-refractivity contribution in [3.63, 3.8) is 0 Å². The predicted octanol–water partition coefficient (Wildman–Crippen LogP) is 3.96. The average molecular weight is 289 g/mol. The minimum atomic E-state index is 0.0237. The van der Waals surface area contributed by atoms with Crippen molar-refractivity contribution < 1.29 is 4.79 Å². The number of anilines is 1. The van der Waals surface area contributed by atoms with E-state index in [1.165, 1.54) is 5.56 Å². The number of nitrogens with zero attached hydrogens (tertiary/aromatic N) is 2. The van der Waals surface area contributed by atoms with E-state index < -0.39 is 0 Å². The molecule has 0 saturated carbocycles. The largest absolute Gasteiger partial charge is 0.366 e. The summed E-state index contributed by atoms with van der Waals surface area (Å²) in [7, 11) is 0. The molecule has 0 aliphatic rings. The van der Waals surface area contributed by atoms with Crippen LogP contribution in [0.2, 0.25) is 5.02 Å². The first-order valence-corrected chi connectivity index (χ1v) is 6.94. The van der Waals surface area contributed by atoms with Gasteiger partial charge < -0.3 is 4.90 Å². The number of hydrogen-bond donors (Lipinski definition) is 0. The number of halogens is 1. The van der Waals surface area contributed by atoms with Gasteiger partial charge in [0.2, 0.25) is 0 Å². The lowest BCUT2D eigenvalue weighted by atomic mass is 10.1. The molecular formula is C16H17ClN2O. The van der Waals surface area contributed by atoms with E-state index in [2.05, 4.69) is 16.8 Å². The van der Waals surface area contributed by atoms with Crippen molar-refractivity contribution in [2.24, 2.45) is 0 Å². The van der Waals surface area contributed by atoms with Crippen LogP contribution in [0.5, 0.6) is 0 Å². The summed E-state index contributed by atoms with van der Waals surface area (Å²) in [6, 6.07) is 9.43. The van der Waals surface area contributed by atoms with Crippen molar-refractivity contribution in [1.29, 1.82) is 0 Å². The van der Waals surface area contributed by atoms with Crippen LogP contribution in [0.3, 0.4) is 0 Å². The molecule has 0 aliphatic heterocycles. The van der Waals surface area contributed by atoms with Crippen LogP contribution < -0.4 is 4.90 Å². The Hall–Kier alpha value is -1.87. The molecule has 2 rings (SSSR count). The third-order valence-corrected chi connectivity index (χ3v) is 3.50. The molecule has 1 aromatic carbocycles. The summed E-state index contributed by atoms with van der Waals surface area (Å²) in [5, 5.41) is 0.605. The monoisotopic (exact) mass is 288 g/mol.